The summed E-state index contributed by atoms with van der Waals surface area (Å²) in [7, 11) is 0. The van der Waals surface area contributed by atoms with Gasteiger partial charge in [0.15, 0.2) is 0 Å². The smallest absolute Gasteiger partial charge is 0.0522 e. The molecule has 0 radical (unpaired) electrons. The SMILES string of the molecule is CC.CC(C)OC(C)C. The first-order valence-electron chi connectivity index (χ1n) is 3.78. The molecule has 0 aromatic rings. The van der Waals surface area contributed by atoms with Crippen molar-refractivity contribution in [3.63, 3.8) is 0 Å². The first kappa shape index (κ1) is 11.7. The van der Waals surface area contributed by atoms with E-state index in [1.807, 2.05) is 41.5 Å². The van der Waals surface area contributed by atoms with Crippen LogP contribution in [0.4, 0.5) is 0 Å². The van der Waals surface area contributed by atoms with E-state index < -0.39 is 0 Å². The van der Waals surface area contributed by atoms with Gasteiger partial charge in [0.05, 0.1) is 12.2 Å². The lowest BCUT2D eigenvalue weighted by Crippen LogP contribution is -2.09. The van der Waals surface area contributed by atoms with Gasteiger partial charge in [-0.1, -0.05) is 13.8 Å². The van der Waals surface area contributed by atoms with E-state index in [0.717, 1.165) is 0 Å². The van der Waals surface area contributed by atoms with Crippen LogP contribution in [0.3, 0.4) is 0 Å². The average molecular weight is 132 g/mol. The molecule has 0 rings (SSSR count). The number of hydrogen-bond donors (Lipinski definition) is 0. The molecule has 0 atom stereocenters. The molecule has 1 nitrogen and oxygen atoms in total. The van der Waals surface area contributed by atoms with Crippen LogP contribution in [-0.2, 0) is 4.74 Å². The molecular formula is C8H20O. The maximum absolute atomic E-state index is 5.25. The summed E-state index contributed by atoms with van der Waals surface area (Å²) >= 11 is 0. The summed E-state index contributed by atoms with van der Waals surface area (Å²) in [6.45, 7) is 12.2. The highest BCUT2D eigenvalue weighted by Crippen LogP contribution is 1.93. The third kappa shape index (κ3) is 18.0. The molecule has 0 fully saturated rings. The fraction of sp³-hybridized carbons (Fsp3) is 1.00. The van der Waals surface area contributed by atoms with Crippen molar-refractivity contribution < 1.29 is 4.74 Å². The molecule has 0 aliphatic rings. The van der Waals surface area contributed by atoms with Crippen LogP contribution in [0.15, 0.2) is 0 Å². The minimum atomic E-state index is 0.375. The summed E-state index contributed by atoms with van der Waals surface area (Å²) in [5.74, 6) is 0. The standard InChI is InChI=1S/C6H14O.C2H6/c1-5(2)7-6(3)4;1-2/h5-6H,1-4H3;1-2H3. The summed E-state index contributed by atoms with van der Waals surface area (Å²) in [5.41, 5.74) is 0. The molecule has 0 bridgehead atoms. The molecule has 0 unspecified atom stereocenters. The molecule has 0 heterocycles. The Labute approximate surface area is 59.4 Å². The second-order valence-corrected chi connectivity index (χ2v) is 2.23. The second kappa shape index (κ2) is 7.96. The van der Waals surface area contributed by atoms with Crippen LogP contribution in [0.25, 0.3) is 0 Å². The lowest BCUT2D eigenvalue weighted by molar-refractivity contribution is 0.0300. The second-order valence-electron chi connectivity index (χ2n) is 2.23. The Morgan fingerprint density at radius 2 is 1.00 bits per heavy atom. The highest BCUT2D eigenvalue weighted by atomic mass is 16.5. The molecule has 0 saturated carbocycles. The summed E-state index contributed by atoms with van der Waals surface area (Å²) < 4.78 is 5.25. The third-order valence-electron chi connectivity index (χ3n) is 0.544. The molecule has 0 saturated heterocycles. The molecule has 0 N–H and O–H groups in total. The molecule has 0 aromatic heterocycles. The van der Waals surface area contributed by atoms with Crippen LogP contribution in [0.1, 0.15) is 41.5 Å². The van der Waals surface area contributed by atoms with Crippen molar-refractivity contribution in [1.82, 2.24) is 0 Å². The molecule has 9 heavy (non-hydrogen) atoms. The largest absolute Gasteiger partial charge is 0.376 e. The van der Waals surface area contributed by atoms with Gasteiger partial charge in [-0.05, 0) is 27.7 Å². The fourth-order valence-corrected chi connectivity index (χ4v) is 0.544. The predicted molar refractivity (Wildman–Crippen MR) is 42.7 cm³/mol. The quantitative estimate of drug-likeness (QED) is 0.561. The van der Waals surface area contributed by atoms with E-state index in [-0.39, 0.29) is 0 Å². The lowest BCUT2D eigenvalue weighted by Gasteiger charge is -2.09. The van der Waals surface area contributed by atoms with Crippen LogP contribution in [0.2, 0.25) is 0 Å². The van der Waals surface area contributed by atoms with Gasteiger partial charge in [0.2, 0.25) is 0 Å². The highest BCUT2D eigenvalue weighted by Gasteiger charge is 1.94. The van der Waals surface area contributed by atoms with Crippen molar-refractivity contribution >= 4 is 0 Å². The van der Waals surface area contributed by atoms with E-state index in [2.05, 4.69) is 0 Å². The van der Waals surface area contributed by atoms with Gasteiger partial charge in [0.1, 0.15) is 0 Å². The van der Waals surface area contributed by atoms with Gasteiger partial charge in [0.25, 0.3) is 0 Å². The first-order chi connectivity index (χ1) is 4.13. The van der Waals surface area contributed by atoms with Crippen molar-refractivity contribution in [3.05, 3.63) is 0 Å². The number of ether oxygens (including phenoxy) is 1. The summed E-state index contributed by atoms with van der Waals surface area (Å²) in [6.07, 6.45) is 0.750. The number of rotatable bonds is 2. The van der Waals surface area contributed by atoms with Crippen LogP contribution in [0, 0.1) is 0 Å². The van der Waals surface area contributed by atoms with Gasteiger partial charge in [0, 0.05) is 0 Å². The Morgan fingerprint density at radius 1 is 0.778 bits per heavy atom. The van der Waals surface area contributed by atoms with Gasteiger partial charge < -0.3 is 4.74 Å². The topological polar surface area (TPSA) is 9.23 Å². The van der Waals surface area contributed by atoms with Gasteiger partial charge in [-0.25, -0.2) is 0 Å². The van der Waals surface area contributed by atoms with E-state index in [1.54, 1.807) is 0 Å². The van der Waals surface area contributed by atoms with Crippen molar-refractivity contribution in [2.45, 2.75) is 53.8 Å². The summed E-state index contributed by atoms with van der Waals surface area (Å²) in [5, 5.41) is 0. The highest BCUT2D eigenvalue weighted by molar-refractivity contribution is 4.40. The van der Waals surface area contributed by atoms with Gasteiger partial charge >= 0.3 is 0 Å². The van der Waals surface area contributed by atoms with Crippen LogP contribution >= 0.6 is 0 Å². The lowest BCUT2D eigenvalue weighted by atomic mass is 10.4. The monoisotopic (exact) mass is 132 g/mol. The third-order valence-corrected chi connectivity index (χ3v) is 0.544. The molecule has 0 aromatic carbocycles. The van der Waals surface area contributed by atoms with E-state index in [1.165, 1.54) is 0 Å². The molecule has 58 valence electrons. The van der Waals surface area contributed by atoms with Crippen LogP contribution < -0.4 is 0 Å². The van der Waals surface area contributed by atoms with Crippen molar-refractivity contribution in [2.24, 2.45) is 0 Å². The Kier molecular flexibility index (Phi) is 10.4. The predicted octanol–water partition coefficient (Wildman–Crippen LogP) is 2.85. The van der Waals surface area contributed by atoms with Gasteiger partial charge in [-0.3, -0.25) is 0 Å². The molecule has 0 amide bonds. The van der Waals surface area contributed by atoms with E-state index in [9.17, 15) is 0 Å². The normalized spacial score (nSPS) is 9.33. The van der Waals surface area contributed by atoms with Crippen molar-refractivity contribution in [1.29, 1.82) is 0 Å². The first-order valence-corrected chi connectivity index (χ1v) is 3.78. The zero-order valence-corrected chi connectivity index (χ0v) is 7.56. The maximum Gasteiger partial charge on any atom is 0.0522 e. The number of hydrogen-bond acceptors (Lipinski definition) is 1. The Hall–Kier alpha value is -0.0400. The van der Waals surface area contributed by atoms with Crippen LogP contribution in [-0.4, -0.2) is 12.2 Å². The maximum atomic E-state index is 5.25. The Bertz CT molecular complexity index is 33.8. The van der Waals surface area contributed by atoms with Crippen molar-refractivity contribution in [3.8, 4) is 0 Å². The van der Waals surface area contributed by atoms with Gasteiger partial charge in [-0.15, -0.1) is 0 Å². The Balaban J connectivity index is 0. The fourth-order valence-electron chi connectivity index (χ4n) is 0.544. The van der Waals surface area contributed by atoms with Gasteiger partial charge in [-0.2, -0.15) is 0 Å². The Morgan fingerprint density at radius 3 is 1.00 bits per heavy atom. The molecular weight excluding hydrogens is 112 g/mol. The van der Waals surface area contributed by atoms with E-state index in [0.29, 0.717) is 12.2 Å². The zero-order valence-electron chi connectivity index (χ0n) is 7.56. The zero-order chi connectivity index (χ0) is 7.86. The van der Waals surface area contributed by atoms with Crippen molar-refractivity contribution in [2.75, 3.05) is 0 Å². The summed E-state index contributed by atoms with van der Waals surface area (Å²) in [4.78, 5) is 0. The minimum absolute atomic E-state index is 0.375. The molecule has 0 spiro atoms. The van der Waals surface area contributed by atoms with Crippen LogP contribution in [0.5, 0.6) is 0 Å². The molecule has 0 aliphatic carbocycles. The molecule has 0 aliphatic heterocycles. The van der Waals surface area contributed by atoms with E-state index >= 15 is 0 Å². The minimum Gasteiger partial charge on any atom is -0.376 e. The molecule has 1 heteroatoms. The summed E-state index contributed by atoms with van der Waals surface area (Å²) in [6, 6.07) is 0. The van der Waals surface area contributed by atoms with E-state index in [4.69, 9.17) is 4.74 Å². The average Bonchev–Trinajstić information content (AvgIpc) is 1.68.